The first-order chi connectivity index (χ1) is 10.2. The molecule has 0 aliphatic carbocycles. The van der Waals surface area contributed by atoms with Crippen LogP contribution in [0.1, 0.15) is 21.5 Å². The van der Waals surface area contributed by atoms with Gasteiger partial charge >= 0.3 is 0 Å². The largest absolute Gasteiger partial charge is 0.366 e. The van der Waals surface area contributed by atoms with Gasteiger partial charge in [0, 0.05) is 17.0 Å². The Kier molecular flexibility index (Phi) is 5.84. The summed E-state index contributed by atoms with van der Waals surface area (Å²) in [6.07, 6.45) is 2.96. The standard InChI is InChI=1S/C17H20N2OS/c1-21-16-7-5-14(6-8-16)12-19-10-9-13-3-2-4-15(11-13)17(18)20/h2-8,11,19H,9-10,12H2,1H3,(H2,18,20). The van der Waals surface area contributed by atoms with Crippen LogP contribution < -0.4 is 11.1 Å². The first kappa shape index (κ1) is 15.6. The van der Waals surface area contributed by atoms with E-state index in [0.717, 1.165) is 25.1 Å². The highest BCUT2D eigenvalue weighted by Gasteiger charge is 2.01. The monoisotopic (exact) mass is 300 g/mol. The summed E-state index contributed by atoms with van der Waals surface area (Å²) in [6.45, 7) is 1.72. The van der Waals surface area contributed by atoms with E-state index in [1.54, 1.807) is 17.8 Å². The van der Waals surface area contributed by atoms with E-state index >= 15 is 0 Å². The van der Waals surface area contributed by atoms with Crippen LogP contribution in [0, 0.1) is 0 Å². The predicted octanol–water partition coefficient (Wildman–Crippen LogP) is 2.84. The third-order valence-electron chi connectivity index (χ3n) is 3.29. The second-order valence-corrected chi connectivity index (χ2v) is 5.72. The molecule has 2 rings (SSSR count). The number of hydrogen-bond acceptors (Lipinski definition) is 3. The molecule has 0 saturated heterocycles. The van der Waals surface area contributed by atoms with Crippen LogP contribution in [0.5, 0.6) is 0 Å². The lowest BCUT2D eigenvalue weighted by molar-refractivity contribution is 0.1000. The van der Waals surface area contributed by atoms with Crippen LogP contribution >= 0.6 is 11.8 Å². The van der Waals surface area contributed by atoms with Crippen molar-refractivity contribution in [2.75, 3.05) is 12.8 Å². The second-order valence-electron chi connectivity index (χ2n) is 4.84. The maximum atomic E-state index is 11.1. The Balaban J connectivity index is 1.78. The fourth-order valence-corrected chi connectivity index (χ4v) is 2.50. The highest BCUT2D eigenvalue weighted by atomic mass is 32.2. The highest BCUT2D eigenvalue weighted by molar-refractivity contribution is 7.98. The Morgan fingerprint density at radius 2 is 1.90 bits per heavy atom. The zero-order valence-electron chi connectivity index (χ0n) is 12.1. The zero-order valence-corrected chi connectivity index (χ0v) is 13.0. The molecule has 0 bridgehead atoms. The third kappa shape index (κ3) is 4.92. The van der Waals surface area contributed by atoms with Crippen molar-refractivity contribution in [3.05, 3.63) is 65.2 Å². The number of hydrogen-bond donors (Lipinski definition) is 2. The summed E-state index contributed by atoms with van der Waals surface area (Å²) < 4.78 is 0. The van der Waals surface area contributed by atoms with Gasteiger partial charge in [-0.3, -0.25) is 4.79 Å². The van der Waals surface area contributed by atoms with Crippen molar-refractivity contribution in [3.63, 3.8) is 0 Å². The van der Waals surface area contributed by atoms with Gasteiger partial charge in [-0.05, 0) is 54.6 Å². The summed E-state index contributed by atoms with van der Waals surface area (Å²) in [7, 11) is 0. The molecule has 0 fully saturated rings. The van der Waals surface area contributed by atoms with Crippen LogP contribution in [0.4, 0.5) is 0 Å². The summed E-state index contributed by atoms with van der Waals surface area (Å²) >= 11 is 1.75. The number of nitrogens with one attached hydrogen (secondary N) is 1. The molecule has 2 aromatic rings. The average Bonchev–Trinajstić information content (AvgIpc) is 2.52. The SMILES string of the molecule is CSc1ccc(CNCCc2cccc(C(N)=O)c2)cc1. The van der Waals surface area contributed by atoms with Crippen LogP contribution in [0.2, 0.25) is 0 Å². The molecule has 0 aliphatic heterocycles. The molecular formula is C17H20N2OS. The lowest BCUT2D eigenvalue weighted by Crippen LogP contribution is -2.17. The van der Waals surface area contributed by atoms with Crippen molar-refractivity contribution in [1.82, 2.24) is 5.32 Å². The van der Waals surface area contributed by atoms with Gasteiger partial charge in [0.15, 0.2) is 0 Å². The van der Waals surface area contributed by atoms with E-state index in [1.807, 2.05) is 18.2 Å². The van der Waals surface area contributed by atoms with Gasteiger partial charge in [-0.25, -0.2) is 0 Å². The van der Waals surface area contributed by atoms with Gasteiger partial charge in [0.2, 0.25) is 5.91 Å². The van der Waals surface area contributed by atoms with Crippen molar-refractivity contribution in [2.24, 2.45) is 5.73 Å². The van der Waals surface area contributed by atoms with Crippen molar-refractivity contribution in [1.29, 1.82) is 0 Å². The number of benzene rings is 2. The van der Waals surface area contributed by atoms with E-state index in [-0.39, 0.29) is 5.91 Å². The number of thioether (sulfide) groups is 1. The lowest BCUT2D eigenvalue weighted by Gasteiger charge is -2.06. The number of carbonyl (C=O) groups is 1. The molecule has 21 heavy (non-hydrogen) atoms. The van der Waals surface area contributed by atoms with Crippen LogP contribution in [-0.2, 0) is 13.0 Å². The van der Waals surface area contributed by atoms with E-state index in [9.17, 15) is 4.79 Å². The van der Waals surface area contributed by atoms with Gasteiger partial charge in [-0.2, -0.15) is 0 Å². The molecular weight excluding hydrogens is 280 g/mol. The third-order valence-corrected chi connectivity index (χ3v) is 4.03. The molecule has 3 nitrogen and oxygen atoms in total. The van der Waals surface area contributed by atoms with Crippen LogP contribution in [0.3, 0.4) is 0 Å². The molecule has 0 radical (unpaired) electrons. The first-order valence-electron chi connectivity index (χ1n) is 6.91. The van der Waals surface area contributed by atoms with Gasteiger partial charge in [0.1, 0.15) is 0 Å². The summed E-state index contributed by atoms with van der Waals surface area (Å²) in [6, 6.07) is 16.1. The smallest absolute Gasteiger partial charge is 0.248 e. The minimum Gasteiger partial charge on any atom is -0.366 e. The molecule has 0 saturated carbocycles. The quantitative estimate of drug-likeness (QED) is 0.610. The maximum Gasteiger partial charge on any atom is 0.248 e. The summed E-state index contributed by atoms with van der Waals surface area (Å²) in [5.41, 5.74) is 8.25. The molecule has 1 amide bonds. The van der Waals surface area contributed by atoms with Gasteiger partial charge in [-0.1, -0.05) is 24.3 Å². The Morgan fingerprint density at radius 3 is 2.57 bits per heavy atom. The molecule has 0 unspecified atom stereocenters. The number of rotatable bonds is 7. The molecule has 2 aromatic carbocycles. The van der Waals surface area contributed by atoms with Gasteiger partial charge in [-0.15, -0.1) is 11.8 Å². The van der Waals surface area contributed by atoms with Crippen LogP contribution in [0.15, 0.2) is 53.4 Å². The minimum absolute atomic E-state index is 0.376. The predicted molar refractivity (Wildman–Crippen MR) is 88.6 cm³/mol. The summed E-state index contributed by atoms with van der Waals surface area (Å²) in [5, 5.41) is 3.41. The maximum absolute atomic E-state index is 11.1. The van der Waals surface area contributed by atoms with E-state index in [0.29, 0.717) is 5.56 Å². The van der Waals surface area contributed by atoms with Crippen LogP contribution in [0.25, 0.3) is 0 Å². The Labute approximate surface area is 129 Å². The van der Waals surface area contributed by atoms with Crippen molar-refractivity contribution in [3.8, 4) is 0 Å². The van der Waals surface area contributed by atoms with Crippen molar-refractivity contribution >= 4 is 17.7 Å². The molecule has 0 atom stereocenters. The molecule has 110 valence electrons. The normalized spacial score (nSPS) is 10.5. The Morgan fingerprint density at radius 1 is 1.14 bits per heavy atom. The minimum atomic E-state index is -0.376. The fraction of sp³-hybridized carbons (Fsp3) is 0.235. The number of carbonyl (C=O) groups excluding carboxylic acids is 1. The Bertz CT molecular complexity index is 596. The zero-order chi connectivity index (χ0) is 15.1. The summed E-state index contributed by atoms with van der Waals surface area (Å²) in [5.74, 6) is -0.376. The molecule has 0 aliphatic rings. The highest BCUT2D eigenvalue weighted by Crippen LogP contribution is 2.14. The van der Waals surface area contributed by atoms with Gasteiger partial charge < -0.3 is 11.1 Å². The first-order valence-corrected chi connectivity index (χ1v) is 8.14. The molecule has 0 heterocycles. The summed E-state index contributed by atoms with van der Waals surface area (Å²) in [4.78, 5) is 12.4. The van der Waals surface area contributed by atoms with E-state index in [4.69, 9.17) is 5.73 Å². The molecule has 3 N–H and O–H groups in total. The number of nitrogens with two attached hydrogens (primary N) is 1. The number of amides is 1. The van der Waals surface area contributed by atoms with Gasteiger partial charge in [0.25, 0.3) is 0 Å². The molecule has 0 spiro atoms. The Hall–Kier alpha value is -1.78. The van der Waals surface area contributed by atoms with Crippen molar-refractivity contribution in [2.45, 2.75) is 17.9 Å². The van der Waals surface area contributed by atoms with E-state index in [1.165, 1.54) is 10.5 Å². The fourth-order valence-electron chi connectivity index (χ4n) is 2.09. The molecule has 0 aromatic heterocycles. The lowest BCUT2D eigenvalue weighted by atomic mass is 10.1. The molecule has 4 heteroatoms. The topological polar surface area (TPSA) is 55.1 Å². The second kappa shape index (κ2) is 7.86. The van der Waals surface area contributed by atoms with E-state index < -0.39 is 0 Å². The van der Waals surface area contributed by atoms with Crippen LogP contribution in [-0.4, -0.2) is 18.7 Å². The van der Waals surface area contributed by atoms with Crippen molar-refractivity contribution < 1.29 is 4.79 Å². The van der Waals surface area contributed by atoms with Gasteiger partial charge in [0.05, 0.1) is 0 Å². The number of primary amides is 1. The average molecular weight is 300 g/mol. The van der Waals surface area contributed by atoms with E-state index in [2.05, 4.69) is 35.8 Å².